The summed E-state index contributed by atoms with van der Waals surface area (Å²) in [5.74, 6) is -0.298. The highest BCUT2D eigenvalue weighted by molar-refractivity contribution is 9.10. The number of hydrogen-bond acceptors (Lipinski definition) is 3. The molecule has 0 N–H and O–H groups in total. The molecule has 1 aromatic carbocycles. The van der Waals surface area contributed by atoms with Crippen LogP contribution in [-0.2, 0) is 9.53 Å². The van der Waals surface area contributed by atoms with E-state index in [1.807, 2.05) is 37.3 Å². The van der Waals surface area contributed by atoms with Crippen LogP contribution in [-0.4, -0.2) is 11.0 Å². The van der Waals surface area contributed by atoms with Crippen molar-refractivity contribution in [3.05, 3.63) is 40.5 Å². The smallest absolute Gasteiger partial charge is 0.303 e. The molecule has 0 unspecified atom stereocenters. The maximum atomic E-state index is 10.9. The zero-order valence-corrected chi connectivity index (χ0v) is 11.2. The fourth-order valence-electron chi connectivity index (χ4n) is 1.64. The summed E-state index contributed by atoms with van der Waals surface area (Å²) in [4.78, 5) is 15.4. The standard InChI is InChI=1S/C13H12BrNO2/c1-8(17-9(2)16)12-6-4-10-3-5-11(14)7-13(10)15-12/h3-8H,1-2H3/t8-/m1/s1. The van der Waals surface area contributed by atoms with Crippen molar-refractivity contribution < 1.29 is 9.53 Å². The molecule has 4 heteroatoms. The van der Waals surface area contributed by atoms with Crippen LogP contribution in [0, 0.1) is 0 Å². The van der Waals surface area contributed by atoms with Crippen LogP contribution in [0.2, 0.25) is 0 Å². The Balaban J connectivity index is 2.39. The largest absolute Gasteiger partial charge is 0.456 e. The van der Waals surface area contributed by atoms with Gasteiger partial charge >= 0.3 is 5.97 Å². The van der Waals surface area contributed by atoms with Gasteiger partial charge in [-0.3, -0.25) is 4.79 Å². The quantitative estimate of drug-likeness (QED) is 0.794. The van der Waals surface area contributed by atoms with E-state index in [0.717, 1.165) is 21.1 Å². The van der Waals surface area contributed by atoms with Crippen molar-refractivity contribution in [2.45, 2.75) is 20.0 Å². The Morgan fingerprint density at radius 2 is 2.06 bits per heavy atom. The zero-order chi connectivity index (χ0) is 12.4. The molecule has 0 bridgehead atoms. The minimum atomic E-state index is -0.323. The van der Waals surface area contributed by atoms with Gasteiger partial charge in [0.25, 0.3) is 0 Å². The SMILES string of the molecule is CC(=O)O[C@H](C)c1ccc2ccc(Br)cc2n1. The van der Waals surface area contributed by atoms with Crippen LogP contribution in [0.25, 0.3) is 10.9 Å². The monoisotopic (exact) mass is 293 g/mol. The maximum absolute atomic E-state index is 10.9. The minimum Gasteiger partial charge on any atom is -0.456 e. The molecule has 0 fully saturated rings. The molecule has 17 heavy (non-hydrogen) atoms. The molecule has 0 amide bonds. The second-order valence-electron chi connectivity index (χ2n) is 3.82. The van der Waals surface area contributed by atoms with Crippen LogP contribution in [0.4, 0.5) is 0 Å². The average molecular weight is 294 g/mol. The Morgan fingerprint density at radius 3 is 2.76 bits per heavy atom. The molecule has 3 nitrogen and oxygen atoms in total. The minimum absolute atomic E-state index is 0.298. The summed E-state index contributed by atoms with van der Waals surface area (Å²) in [5, 5.41) is 1.06. The van der Waals surface area contributed by atoms with Crippen molar-refractivity contribution in [3.63, 3.8) is 0 Å². The summed E-state index contributed by atoms with van der Waals surface area (Å²) >= 11 is 3.41. The van der Waals surface area contributed by atoms with E-state index in [0.29, 0.717) is 0 Å². The molecule has 2 aromatic rings. The van der Waals surface area contributed by atoms with E-state index < -0.39 is 0 Å². The van der Waals surface area contributed by atoms with Crippen LogP contribution in [0.3, 0.4) is 0 Å². The van der Waals surface area contributed by atoms with Gasteiger partial charge in [0, 0.05) is 16.8 Å². The number of carbonyl (C=O) groups is 1. The van der Waals surface area contributed by atoms with Gasteiger partial charge in [-0.25, -0.2) is 4.98 Å². The normalized spacial score (nSPS) is 12.4. The fourth-order valence-corrected chi connectivity index (χ4v) is 1.99. The number of nitrogens with zero attached hydrogens (tertiary/aromatic N) is 1. The molecule has 0 spiro atoms. The van der Waals surface area contributed by atoms with Crippen LogP contribution >= 0.6 is 15.9 Å². The average Bonchev–Trinajstić information content (AvgIpc) is 2.27. The van der Waals surface area contributed by atoms with Crippen molar-refractivity contribution in [2.24, 2.45) is 0 Å². The van der Waals surface area contributed by atoms with Gasteiger partial charge in [-0.1, -0.05) is 28.1 Å². The second kappa shape index (κ2) is 4.84. The van der Waals surface area contributed by atoms with E-state index in [2.05, 4.69) is 20.9 Å². The van der Waals surface area contributed by atoms with Crippen LogP contribution in [0.1, 0.15) is 25.6 Å². The number of pyridine rings is 1. The lowest BCUT2D eigenvalue weighted by Crippen LogP contribution is -2.06. The third-order valence-corrected chi connectivity index (χ3v) is 2.93. The second-order valence-corrected chi connectivity index (χ2v) is 4.74. The zero-order valence-electron chi connectivity index (χ0n) is 9.61. The third kappa shape index (κ3) is 2.82. The highest BCUT2D eigenvalue weighted by Crippen LogP contribution is 2.22. The van der Waals surface area contributed by atoms with Crippen LogP contribution in [0.5, 0.6) is 0 Å². The lowest BCUT2D eigenvalue weighted by atomic mass is 10.1. The molecule has 2 rings (SSSR count). The number of halogens is 1. The molecule has 88 valence electrons. The molecule has 0 radical (unpaired) electrons. The summed E-state index contributed by atoms with van der Waals surface area (Å²) in [6, 6.07) is 9.76. The summed E-state index contributed by atoms with van der Waals surface area (Å²) in [5.41, 5.74) is 1.64. The highest BCUT2D eigenvalue weighted by Gasteiger charge is 2.10. The predicted octanol–water partition coefficient (Wildman–Crippen LogP) is 3.62. The molecule has 0 aliphatic heterocycles. The first-order valence-electron chi connectivity index (χ1n) is 5.29. The fraction of sp³-hybridized carbons (Fsp3) is 0.231. The van der Waals surface area contributed by atoms with Gasteiger partial charge in [0.05, 0.1) is 11.2 Å². The number of esters is 1. The molecule has 1 heterocycles. The molecule has 0 aliphatic carbocycles. The summed E-state index contributed by atoms with van der Waals surface area (Å²) in [6.45, 7) is 3.21. The van der Waals surface area contributed by atoms with Gasteiger partial charge in [-0.05, 0) is 25.1 Å². The van der Waals surface area contributed by atoms with Gasteiger partial charge < -0.3 is 4.74 Å². The Hall–Kier alpha value is -1.42. The summed E-state index contributed by atoms with van der Waals surface area (Å²) < 4.78 is 6.08. The van der Waals surface area contributed by atoms with Gasteiger partial charge in [-0.2, -0.15) is 0 Å². The van der Waals surface area contributed by atoms with Gasteiger partial charge in [-0.15, -0.1) is 0 Å². The molecular formula is C13H12BrNO2. The first-order valence-corrected chi connectivity index (χ1v) is 6.09. The number of benzene rings is 1. The molecule has 1 atom stereocenters. The lowest BCUT2D eigenvalue weighted by Gasteiger charge is -2.11. The number of fused-ring (bicyclic) bond motifs is 1. The van der Waals surface area contributed by atoms with E-state index in [-0.39, 0.29) is 12.1 Å². The lowest BCUT2D eigenvalue weighted by molar-refractivity contribution is -0.145. The van der Waals surface area contributed by atoms with Crippen molar-refractivity contribution >= 4 is 32.8 Å². The third-order valence-electron chi connectivity index (χ3n) is 2.43. The number of carbonyl (C=O) groups excluding carboxylic acids is 1. The molecule has 1 aromatic heterocycles. The number of rotatable bonds is 2. The molecular weight excluding hydrogens is 282 g/mol. The van der Waals surface area contributed by atoms with Gasteiger partial charge in [0.1, 0.15) is 6.10 Å². The number of hydrogen-bond donors (Lipinski definition) is 0. The Morgan fingerprint density at radius 1 is 1.35 bits per heavy atom. The molecule has 0 aliphatic rings. The van der Waals surface area contributed by atoms with Gasteiger partial charge in [0.2, 0.25) is 0 Å². The number of ether oxygens (including phenoxy) is 1. The van der Waals surface area contributed by atoms with E-state index >= 15 is 0 Å². The van der Waals surface area contributed by atoms with Crippen molar-refractivity contribution in [2.75, 3.05) is 0 Å². The van der Waals surface area contributed by atoms with E-state index in [1.165, 1.54) is 6.92 Å². The van der Waals surface area contributed by atoms with E-state index in [4.69, 9.17) is 4.74 Å². The summed E-state index contributed by atoms with van der Waals surface area (Å²) in [6.07, 6.45) is -0.323. The first kappa shape index (κ1) is 12.0. The highest BCUT2D eigenvalue weighted by atomic mass is 79.9. The number of aromatic nitrogens is 1. The first-order chi connectivity index (χ1) is 8.06. The Bertz CT molecular complexity index is 568. The Labute approximate surface area is 108 Å². The van der Waals surface area contributed by atoms with Crippen LogP contribution < -0.4 is 0 Å². The Kier molecular flexibility index (Phi) is 3.43. The summed E-state index contributed by atoms with van der Waals surface area (Å²) in [7, 11) is 0. The molecule has 0 saturated heterocycles. The van der Waals surface area contributed by atoms with Crippen molar-refractivity contribution in [3.8, 4) is 0 Å². The van der Waals surface area contributed by atoms with Crippen molar-refractivity contribution in [1.29, 1.82) is 0 Å². The topological polar surface area (TPSA) is 39.2 Å². The predicted molar refractivity (Wildman–Crippen MR) is 69.6 cm³/mol. The van der Waals surface area contributed by atoms with Crippen molar-refractivity contribution in [1.82, 2.24) is 4.98 Å². The van der Waals surface area contributed by atoms with E-state index in [9.17, 15) is 4.79 Å². The molecule has 0 saturated carbocycles. The van der Waals surface area contributed by atoms with Gasteiger partial charge in [0.15, 0.2) is 0 Å². The maximum Gasteiger partial charge on any atom is 0.303 e. The van der Waals surface area contributed by atoms with Crippen LogP contribution in [0.15, 0.2) is 34.8 Å². The van der Waals surface area contributed by atoms with E-state index in [1.54, 1.807) is 0 Å².